The lowest BCUT2D eigenvalue weighted by atomic mass is 10.2. The monoisotopic (exact) mass is 526 g/mol. The lowest BCUT2D eigenvalue weighted by Crippen LogP contribution is -2.17. The third-order valence-electron chi connectivity index (χ3n) is 4.64. The summed E-state index contributed by atoms with van der Waals surface area (Å²) in [5, 5.41) is 2.86. The third kappa shape index (κ3) is 8.98. The molecule has 1 amide bonds. The summed E-state index contributed by atoms with van der Waals surface area (Å²) in [6, 6.07) is 14.6. The number of nitrogens with one attached hydrogen (secondary N) is 1. The minimum Gasteiger partial charge on any atom is -0.460 e. The Kier molecular flexibility index (Phi) is 9.65. The van der Waals surface area contributed by atoms with E-state index in [2.05, 4.69) is 28.1 Å². The van der Waals surface area contributed by atoms with Crippen LogP contribution in [-0.2, 0) is 4.79 Å². The van der Waals surface area contributed by atoms with Crippen LogP contribution in [0.3, 0.4) is 0 Å². The van der Waals surface area contributed by atoms with Gasteiger partial charge in [-0.1, -0.05) is 13.8 Å². The maximum absolute atomic E-state index is 11.9. The summed E-state index contributed by atoms with van der Waals surface area (Å²) in [6.45, 7) is 13.8. The van der Waals surface area contributed by atoms with Crippen molar-refractivity contribution in [3.05, 3.63) is 48.5 Å². The van der Waals surface area contributed by atoms with E-state index in [1.54, 1.807) is 31.3 Å². The lowest BCUT2D eigenvalue weighted by molar-refractivity contribution is -0.118. The van der Waals surface area contributed by atoms with Crippen LogP contribution in [-0.4, -0.2) is 53.3 Å². The molecule has 0 fully saturated rings. The second kappa shape index (κ2) is 11.6. The first-order valence-electron chi connectivity index (χ1n) is 10.9. The average molecular weight is 526 g/mol. The van der Waals surface area contributed by atoms with Crippen molar-refractivity contribution in [1.29, 1.82) is 0 Å². The van der Waals surface area contributed by atoms with Gasteiger partial charge in [0.05, 0.1) is 7.21 Å². The molecule has 8 nitrogen and oxygen atoms in total. The van der Waals surface area contributed by atoms with Crippen LogP contribution in [0.4, 0.5) is 5.69 Å². The molecule has 2 rings (SSSR count). The molecule has 2 aromatic carbocycles. The molecular formula is C23H37N4O4P3. The molecule has 34 heavy (non-hydrogen) atoms. The molecule has 0 radical (unpaired) electrons. The number of benzene rings is 2. The van der Waals surface area contributed by atoms with Gasteiger partial charge in [-0.3, -0.25) is 9.54 Å². The van der Waals surface area contributed by atoms with Crippen LogP contribution in [0, 0.1) is 5.92 Å². The van der Waals surface area contributed by atoms with Gasteiger partial charge in [-0.2, -0.15) is 0 Å². The second-order valence-electron chi connectivity index (χ2n) is 8.84. The summed E-state index contributed by atoms with van der Waals surface area (Å²) >= 11 is 0. The zero-order chi connectivity index (χ0) is 25.6. The lowest BCUT2D eigenvalue weighted by Gasteiger charge is -2.22. The van der Waals surface area contributed by atoms with E-state index < -0.39 is 22.0 Å². The Morgan fingerprint density at radius 3 is 1.62 bits per heavy atom. The third-order valence-corrected chi connectivity index (χ3v) is 11.6. The molecule has 0 aliphatic carbocycles. The second-order valence-corrected chi connectivity index (χ2v) is 17.8. The topological polar surface area (TPSA) is 93.9 Å². The first kappa shape index (κ1) is 28.2. The number of hydrogen-bond donors (Lipinski definition) is 1. The molecule has 1 N–H and O–H groups in total. The highest BCUT2D eigenvalue weighted by atomic mass is 31.2. The van der Waals surface area contributed by atoms with Crippen LogP contribution < -0.4 is 18.9 Å². The van der Waals surface area contributed by atoms with Crippen LogP contribution >= 0.6 is 22.0 Å². The van der Waals surface area contributed by atoms with E-state index >= 15 is 0 Å². The fourth-order valence-electron chi connectivity index (χ4n) is 2.78. The van der Waals surface area contributed by atoms with Crippen molar-refractivity contribution in [2.24, 2.45) is 19.9 Å². The Morgan fingerprint density at radius 2 is 1.21 bits per heavy atom. The Morgan fingerprint density at radius 1 is 0.765 bits per heavy atom. The number of amides is 1. The molecule has 0 bridgehead atoms. The molecule has 11 heteroatoms. The predicted octanol–water partition coefficient (Wildman–Crippen LogP) is 7.79. The molecule has 0 aromatic heterocycles. The van der Waals surface area contributed by atoms with Gasteiger partial charge in [0.1, 0.15) is 24.5 Å². The van der Waals surface area contributed by atoms with Crippen molar-refractivity contribution < 1.29 is 18.4 Å². The molecule has 0 heterocycles. The minimum absolute atomic E-state index is 0.0322. The summed E-state index contributed by atoms with van der Waals surface area (Å²) in [4.78, 5) is 11.9. The van der Waals surface area contributed by atoms with Gasteiger partial charge in [0, 0.05) is 45.7 Å². The quantitative estimate of drug-likeness (QED) is 0.338. The molecule has 0 saturated heterocycles. The van der Waals surface area contributed by atoms with E-state index in [1.807, 2.05) is 65.2 Å². The summed E-state index contributed by atoms with van der Waals surface area (Å²) < 4.78 is 32.1. The van der Waals surface area contributed by atoms with E-state index in [1.165, 1.54) is 0 Å². The number of hydrogen-bond acceptors (Lipinski definition) is 6. The summed E-state index contributed by atoms with van der Waals surface area (Å²) in [6.07, 6.45) is 0. The zero-order valence-electron chi connectivity index (χ0n) is 21.5. The molecule has 188 valence electrons. The Balaban J connectivity index is 2.09. The van der Waals surface area contributed by atoms with Crippen LogP contribution in [0.25, 0.3) is 0 Å². The standard InChI is InChI=1S/C23H37N4O4P3/c1-18(2)23(28)26-19-10-12-21(13-11-19)30-34(9,25-4)31-22-16-14-20(15-17-22)29-33(7,8)27-32(5,6)24-3/h10-18H,1-9H3,(H,26,28). The fourth-order valence-corrected chi connectivity index (χ4v) is 9.33. The molecule has 1 atom stereocenters. The van der Waals surface area contributed by atoms with Gasteiger partial charge in [-0.05, 0) is 61.9 Å². The molecule has 0 aliphatic rings. The van der Waals surface area contributed by atoms with Gasteiger partial charge < -0.3 is 18.9 Å². The van der Waals surface area contributed by atoms with Gasteiger partial charge in [0.15, 0.2) is 0 Å². The molecule has 0 aliphatic heterocycles. The first-order valence-corrected chi connectivity index (χ1v) is 18.0. The molecular weight excluding hydrogens is 489 g/mol. The smallest absolute Gasteiger partial charge is 0.310 e. The van der Waals surface area contributed by atoms with E-state index in [-0.39, 0.29) is 11.8 Å². The number of carbonyl (C=O) groups is 1. The minimum atomic E-state index is -2.56. The number of carbonyl (C=O) groups excluding carboxylic acids is 1. The number of rotatable bonds is 9. The first-order chi connectivity index (χ1) is 15.8. The van der Waals surface area contributed by atoms with Gasteiger partial charge in [-0.25, -0.2) is 9.26 Å². The molecule has 1 unspecified atom stereocenters. The maximum atomic E-state index is 11.9. The summed E-state index contributed by atoms with van der Waals surface area (Å²) in [5.74, 6) is 1.87. The average Bonchev–Trinajstić information content (AvgIpc) is 2.75. The number of nitrogens with zero attached hydrogens (tertiary/aromatic N) is 3. The van der Waals surface area contributed by atoms with E-state index in [4.69, 9.17) is 18.1 Å². The molecule has 0 spiro atoms. The highest BCUT2D eigenvalue weighted by Gasteiger charge is 2.18. The summed E-state index contributed by atoms with van der Waals surface area (Å²) in [5.41, 5.74) is 0.714. The van der Waals surface area contributed by atoms with Crippen molar-refractivity contribution in [2.45, 2.75) is 13.8 Å². The highest BCUT2D eigenvalue weighted by molar-refractivity contribution is 7.73. The van der Waals surface area contributed by atoms with Crippen molar-refractivity contribution >= 4 is 33.6 Å². The van der Waals surface area contributed by atoms with Crippen LogP contribution in [0.15, 0.2) is 62.5 Å². The Bertz CT molecular complexity index is 1150. The van der Waals surface area contributed by atoms with Crippen LogP contribution in [0.1, 0.15) is 13.8 Å². The Hall–Kier alpha value is -2.00. The van der Waals surface area contributed by atoms with Crippen LogP contribution in [0.2, 0.25) is 0 Å². The normalized spacial score (nSPS) is 13.5. The fraction of sp³-hybridized carbons (Fsp3) is 0.435. The summed E-state index contributed by atoms with van der Waals surface area (Å²) in [7, 11) is -2.69. The SMILES string of the molecule is CN=P(C)(C)N=P(C)(C)Oc1ccc(OP(C)(=NC)Oc2ccc(NC(=O)C(C)C)cc2)cc1. The van der Waals surface area contributed by atoms with E-state index in [9.17, 15) is 4.79 Å². The molecule has 0 saturated carbocycles. The Labute approximate surface area is 204 Å². The largest absolute Gasteiger partial charge is 0.460 e. The van der Waals surface area contributed by atoms with E-state index in [0.29, 0.717) is 17.2 Å². The maximum Gasteiger partial charge on any atom is 0.310 e. The van der Waals surface area contributed by atoms with E-state index in [0.717, 1.165) is 5.75 Å². The van der Waals surface area contributed by atoms with Gasteiger partial charge in [-0.15, -0.1) is 0 Å². The number of anilines is 1. The van der Waals surface area contributed by atoms with Gasteiger partial charge in [0.25, 0.3) is 0 Å². The van der Waals surface area contributed by atoms with Crippen LogP contribution in [0.5, 0.6) is 17.2 Å². The van der Waals surface area contributed by atoms with Gasteiger partial charge in [0.2, 0.25) is 5.91 Å². The van der Waals surface area contributed by atoms with Crippen molar-refractivity contribution in [3.63, 3.8) is 0 Å². The molecule has 2 aromatic rings. The van der Waals surface area contributed by atoms with Crippen molar-refractivity contribution in [2.75, 3.05) is 52.7 Å². The highest BCUT2D eigenvalue weighted by Crippen LogP contribution is 2.56. The zero-order valence-corrected chi connectivity index (χ0v) is 24.2. The van der Waals surface area contributed by atoms with Crippen molar-refractivity contribution in [1.82, 2.24) is 0 Å². The predicted molar refractivity (Wildman–Crippen MR) is 148 cm³/mol. The van der Waals surface area contributed by atoms with Crippen molar-refractivity contribution in [3.8, 4) is 17.2 Å². The van der Waals surface area contributed by atoms with Gasteiger partial charge >= 0.3 is 7.51 Å².